The Labute approximate surface area is 83.7 Å². The van der Waals surface area contributed by atoms with Crippen molar-refractivity contribution in [2.24, 2.45) is 0 Å². The van der Waals surface area contributed by atoms with Gasteiger partial charge in [-0.15, -0.1) is 0 Å². The lowest BCUT2D eigenvalue weighted by atomic mass is 10.4. The number of carbonyl (C=O) groups excluding carboxylic acids is 3. The summed E-state index contributed by atoms with van der Waals surface area (Å²) in [6.45, 7) is 4.71. The zero-order valence-corrected chi connectivity index (χ0v) is 9.03. The Hall–Kier alpha value is -1.39. The van der Waals surface area contributed by atoms with E-state index in [1.54, 1.807) is 7.05 Å². The standard InChI is InChI=1S/C9H16N2O3/c1-7(12)10(4)5-6-11(8(2)13)9(3)14/h5-6H2,1-4H3. The summed E-state index contributed by atoms with van der Waals surface area (Å²) in [4.78, 5) is 35.3. The summed E-state index contributed by atoms with van der Waals surface area (Å²) >= 11 is 0. The van der Waals surface area contributed by atoms with Crippen LogP contribution in [0.2, 0.25) is 0 Å². The van der Waals surface area contributed by atoms with Crippen LogP contribution in [0.1, 0.15) is 20.8 Å². The fourth-order valence-corrected chi connectivity index (χ4v) is 0.944. The van der Waals surface area contributed by atoms with Crippen LogP contribution in [0.5, 0.6) is 0 Å². The van der Waals surface area contributed by atoms with Crippen LogP contribution in [0.25, 0.3) is 0 Å². The van der Waals surface area contributed by atoms with Crippen LogP contribution in [-0.4, -0.2) is 47.7 Å². The van der Waals surface area contributed by atoms with Crippen LogP contribution in [0.15, 0.2) is 0 Å². The summed E-state index contributed by atoms with van der Waals surface area (Å²) in [6.07, 6.45) is 0. The summed E-state index contributed by atoms with van der Waals surface area (Å²) < 4.78 is 0. The van der Waals surface area contributed by atoms with Gasteiger partial charge in [-0.2, -0.15) is 0 Å². The van der Waals surface area contributed by atoms with Gasteiger partial charge >= 0.3 is 0 Å². The molecule has 0 N–H and O–H groups in total. The van der Waals surface area contributed by atoms with Crippen molar-refractivity contribution in [2.75, 3.05) is 20.1 Å². The summed E-state index contributed by atoms with van der Waals surface area (Å²) in [7, 11) is 1.63. The van der Waals surface area contributed by atoms with Crippen LogP contribution >= 0.6 is 0 Å². The Kier molecular flexibility index (Phi) is 4.83. The molecule has 0 aromatic carbocycles. The van der Waals surface area contributed by atoms with E-state index in [-0.39, 0.29) is 24.3 Å². The van der Waals surface area contributed by atoms with Crippen molar-refractivity contribution < 1.29 is 14.4 Å². The van der Waals surface area contributed by atoms with E-state index in [4.69, 9.17) is 0 Å². The van der Waals surface area contributed by atoms with E-state index in [0.29, 0.717) is 6.54 Å². The molecule has 0 radical (unpaired) electrons. The zero-order valence-electron chi connectivity index (χ0n) is 9.03. The molecule has 3 amide bonds. The lowest BCUT2D eigenvalue weighted by Gasteiger charge is -2.21. The Bertz CT molecular complexity index is 236. The van der Waals surface area contributed by atoms with Crippen molar-refractivity contribution in [1.29, 1.82) is 0 Å². The van der Waals surface area contributed by atoms with Gasteiger partial charge in [0.1, 0.15) is 0 Å². The lowest BCUT2D eigenvalue weighted by molar-refractivity contribution is -0.143. The van der Waals surface area contributed by atoms with E-state index >= 15 is 0 Å². The number of hydrogen-bond donors (Lipinski definition) is 0. The van der Waals surface area contributed by atoms with Crippen molar-refractivity contribution in [3.8, 4) is 0 Å². The third kappa shape index (κ3) is 4.02. The molecule has 0 heterocycles. The highest BCUT2D eigenvalue weighted by Gasteiger charge is 2.14. The number of hydrogen-bond acceptors (Lipinski definition) is 3. The first-order valence-electron chi connectivity index (χ1n) is 4.36. The van der Waals surface area contributed by atoms with Crippen molar-refractivity contribution >= 4 is 17.7 Å². The Morgan fingerprint density at radius 1 is 0.857 bits per heavy atom. The molecular weight excluding hydrogens is 184 g/mol. The minimum absolute atomic E-state index is 0.0861. The molecule has 0 saturated heterocycles. The number of rotatable bonds is 3. The van der Waals surface area contributed by atoms with Crippen LogP contribution < -0.4 is 0 Å². The van der Waals surface area contributed by atoms with Gasteiger partial charge < -0.3 is 4.90 Å². The fourth-order valence-electron chi connectivity index (χ4n) is 0.944. The summed E-state index contributed by atoms with van der Waals surface area (Å²) in [5.74, 6) is -0.680. The van der Waals surface area contributed by atoms with Gasteiger partial charge in [0, 0.05) is 40.9 Å². The number of amides is 3. The van der Waals surface area contributed by atoms with E-state index in [9.17, 15) is 14.4 Å². The fraction of sp³-hybridized carbons (Fsp3) is 0.667. The molecule has 5 nitrogen and oxygen atoms in total. The molecule has 0 aliphatic rings. The number of nitrogens with zero attached hydrogens (tertiary/aromatic N) is 2. The average Bonchev–Trinajstić information content (AvgIpc) is 2.02. The van der Waals surface area contributed by atoms with E-state index in [1.807, 2.05) is 0 Å². The molecule has 0 aliphatic carbocycles. The minimum Gasteiger partial charge on any atom is -0.344 e. The Morgan fingerprint density at radius 3 is 1.57 bits per heavy atom. The second kappa shape index (κ2) is 5.36. The maximum absolute atomic E-state index is 11.0. The molecule has 0 fully saturated rings. The van der Waals surface area contributed by atoms with Gasteiger partial charge in [0.25, 0.3) is 0 Å². The first-order valence-corrected chi connectivity index (χ1v) is 4.36. The second-order valence-corrected chi connectivity index (χ2v) is 3.13. The predicted molar refractivity (Wildman–Crippen MR) is 51.4 cm³/mol. The van der Waals surface area contributed by atoms with Crippen molar-refractivity contribution in [3.05, 3.63) is 0 Å². The lowest BCUT2D eigenvalue weighted by Crippen LogP contribution is -2.40. The van der Waals surface area contributed by atoms with Crippen LogP contribution in [0.3, 0.4) is 0 Å². The van der Waals surface area contributed by atoms with E-state index in [0.717, 1.165) is 4.90 Å². The van der Waals surface area contributed by atoms with Gasteiger partial charge in [-0.25, -0.2) is 0 Å². The monoisotopic (exact) mass is 200 g/mol. The average molecular weight is 200 g/mol. The van der Waals surface area contributed by atoms with E-state index < -0.39 is 0 Å². The SMILES string of the molecule is CC(=O)N(C)CCN(C(C)=O)C(C)=O. The van der Waals surface area contributed by atoms with Gasteiger partial charge in [0.05, 0.1) is 0 Å². The highest BCUT2D eigenvalue weighted by atomic mass is 16.2. The third-order valence-electron chi connectivity index (χ3n) is 1.96. The van der Waals surface area contributed by atoms with Crippen LogP contribution in [0.4, 0.5) is 0 Å². The number of likely N-dealkylation sites (N-methyl/N-ethyl adjacent to an activating group) is 1. The van der Waals surface area contributed by atoms with Crippen molar-refractivity contribution in [1.82, 2.24) is 9.80 Å². The van der Waals surface area contributed by atoms with E-state index in [2.05, 4.69) is 0 Å². The van der Waals surface area contributed by atoms with Gasteiger partial charge in [-0.3, -0.25) is 19.3 Å². The molecule has 0 spiro atoms. The van der Waals surface area contributed by atoms with Gasteiger partial charge in [-0.05, 0) is 0 Å². The largest absolute Gasteiger partial charge is 0.344 e. The van der Waals surface area contributed by atoms with Crippen LogP contribution in [0, 0.1) is 0 Å². The van der Waals surface area contributed by atoms with Crippen molar-refractivity contribution in [3.63, 3.8) is 0 Å². The van der Waals surface area contributed by atoms with Gasteiger partial charge in [0.15, 0.2) is 0 Å². The number of carbonyl (C=O) groups is 3. The molecule has 80 valence electrons. The summed E-state index contributed by atoms with van der Waals surface area (Å²) in [6, 6.07) is 0. The minimum atomic E-state index is -0.297. The predicted octanol–water partition coefficient (Wildman–Crippen LogP) is -0.140. The van der Waals surface area contributed by atoms with Crippen LogP contribution in [-0.2, 0) is 14.4 Å². The second-order valence-electron chi connectivity index (χ2n) is 3.13. The summed E-state index contributed by atoms with van der Waals surface area (Å²) in [5, 5.41) is 0. The quantitative estimate of drug-likeness (QED) is 0.637. The third-order valence-corrected chi connectivity index (χ3v) is 1.96. The smallest absolute Gasteiger partial charge is 0.226 e. The highest BCUT2D eigenvalue weighted by Crippen LogP contribution is 1.92. The topological polar surface area (TPSA) is 57.7 Å². The maximum Gasteiger partial charge on any atom is 0.226 e. The van der Waals surface area contributed by atoms with Gasteiger partial charge in [0.2, 0.25) is 17.7 Å². The van der Waals surface area contributed by atoms with Crippen molar-refractivity contribution in [2.45, 2.75) is 20.8 Å². The molecule has 5 heteroatoms. The molecule has 0 rings (SSSR count). The molecule has 0 atom stereocenters. The number of imide groups is 1. The molecule has 0 aromatic heterocycles. The molecule has 0 aromatic rings. The van der Waals surface area contributed by atoms with Gasteiger partial charge in [-0.1, -0.05) is 0 Å². The molecule has 0 bridgehead atoms. The highest BCUT2D eigenvalue weighted by molar-refractivity contribution is 5.92. The zero-order chi connectivity index (χ0) is 11.3. The molecule has 0 saturated carbocycles. The maximum atomic E-state index is 11.0. The summed E-state index contributed by atoms with van der Waals surface area (Å²) in [5.41, 5.74) is 0. The Balaban J connectivity index is 4.14. The molecule has 0 unspecified atom stereocenters. The first kappa shape index (κ1) is 12.6. The first-order chi connectivity index (χ1) is 6.36. The Morgan fingerprint density at radius 2 is 1.29 bits per heavy atom. The molecule has 14 heavy (non-hydrogen) atoms. The van der Waals surface area contributed by atoms with E-state index in [1.165, 1.54) is 25.7 Å². The normalized spacial score (nSPS) is 9.43. The molecular formula is C9H16N2O3. The molecule has 0 aliphatic heterocycles.